The number of rotatable bonds is 10. The van der Waals surface area contributed by atoms with Crippen molar-refractivity contribution < 1.29 is 23.9 Å². The van der Waals surface area contributed by atoms with Crippen molar-refractivity contribution in [1.82, 2.24) is 10.6 Å². The van der Waals surface area contributed by atoms with Crippen molar-refractivity contribution in [1.29, 1.82) is 0 Å². The number of nitrogens with one attached hydrogen (secondary N) is 2. The van der Waals surface area contributed by atoms with Crippen LogP contribution in [0.1, 0.15) is 75.6 Å². The number of carbonyl (C=O) groups is 3. The molecule has 0 aliphatic heterocycles. The fourth-order valence-electron chi connectivity index (χ4n) is 3.33. The summed E-state index contributed by atoms with van der Waals surface area (Å²) in [6.07, 6.45) is 7.68. The van der Waals surface area contributed by atoms with Crippen molar-refractivity contribution in [3.8, 4) is 5.75 Å². The number of benzene rings is 1. The van der Waals surface area contributed by atoms with E-state index in [4.69, 9.17) is 9.47 Å². The predicted molar refractivity (Wildman–Crippen MR) is 114 cm³/mol. The number of ether oxygens (including phenoxy) is 2. The Labute approximate surface area is 178 Å². The van der Waals surface area contributed by atoms with E-state index in [2.05, 4.69) is 17.6 Å². The second kappa shape index (κ2) is 12.9. The molecule has 1 aromatic rings. The maximum absolute atomic E-state index is 12.3. The molecule has 166 valence electrons. The fourth-order valence-corrected chi connectivity index (χ4v) is 3.33. The number of amides is 2. The van der Waals surface area contributed by atoms with E-state index in [1.54, 1.807) is 31.2 Å². The van der Waals surface area contributed by atoms with Crippen molar-refractivity contribution in [3.05, 3.63) is 29.8 Å². The highest BCUT2D eigenvalue weighted by Crippen LogP contribution is 2.17. The summed E-state index contributed by atoms with van der Waals surface area (Å²) in [6.45, 7) is 3.98. The average molecular weight is 419 g/mol. The molecule has 0 spiro atoms. The summed E-state index contributed by atoms with van der Waals surface area (Å²) in [5.41, 5.74) is 0.421. The lowest BCUT2D eigenvalue weighted by atomic mass is 10.1. The van der Waals surface area contributed by atoms with E-state index in [1.165, 1.54) is 12.8 Å². The van der Waals surface area contributed by atoms with Gasteiger partial charge in [-0.1, -0.05) is 39.0 Å². The molecule has 0 unspecified atom stereocenters. The van der Waals surface area contributed by atoms with Crippen LogP contribution in [0.5, 0.6) is 5.75 Å². The number of carbonyl (C=O) groups excluding carboxylic acids is 3. The van der Waals surface area contributed by atoms with E-state index in [9.17, 15) is 14.4 Å². The third kappa shape index (κ3) is 8.43. The van der Waals surface area contributed by atoms with Gasteiger partial charge in [-0.25, -0.2) is 0 Å². The van der Waals surface area contributed by atoms with Gasteiger partial charge in [-0.2, -0.15) is 0 Å². The summed E-state index contributed by atoms with van der Waals surface area (Å²) in [4.78, 5) is 36.5. The molecule has 0 heterocycles. The zero-order chi connectivity index (χ0) is 21.8. The van der Waals surface area contributed by atoms with Crippen molar-refractivity contribution in [2.45, 2.75) is 77.4 Å². The molecule has 0 saturated heterocycles. The first kappa shape index (κ1) is 23.7. The van der Waals surface area contributed by atoms with Crippen molar-refractivity contribution in [3.63, 3.8) is 0 Å². The Bertz CT molecular complexity index is 681. The van der Waals surface area contributed by atoms with E-state index in [-0.39, 0.29) is 24.4 Å². The number of unbranched alkanes of at least 4 members (excludes halogenated alkanes) is 1. The first-order chi connectivity index (χ1) is 14.5. The van der Waals surface area contributed by atoms with Crippen LogP contribution in [0.2, 0.25) is 0 Å². The Kier molecular flexibility index (Phi) is 10.2. The summed E-state index contributed by atoms with van der Waals surface area (Å²) < 4.78 is 10.7. The quantitative estimate of drug-likeness (QED) is 0.345. The van der Waals surface area contributed by atoms with Crippen LogP contribution in [0.4, 0.5) is 0 Å². The Balaban J connectivity index is 1.71. The van der Waals surface area contributed by atoms with E-state index in [0.717, 1.165) is 38.5 Å². The van der Waals surface area contributed by atoms with Gasteiger partial charge in [-0.3, -0.25) is 14.4 Å². The molecule has 2 rings (SSSR count). The summed E-state index contributed by atoms with van der Waals surface area (Å²) >= 11 is 0. The lowest BCUT2D eigenvalue weighted by Gasteiger charge is -2.19. The fraction of sp³-hybridized carbons (Fsp3) is 0.609. The molecule has 1 fully saturated rings. The van der Waals surface area contributed by atoms with Crippen LogP contribution in [0.15, 0.2) is 24.3 Å². The predicted octanol–water partition coefficient (Wildman–Crippen LogP) is 3.37. The van der Waals surface area contributed by atoms with Crippen LogP contribution in [0.3, 0.4) is 0 Å². The highest BCUT2D eigenvalue weighted by atomic mass is 16.5. The molecule has 0 aromatic heterocycles. The Morgan fingerprint density at radius 3 is 2.37 bits per heavy atom. The van der Waals surface area contributed by atoms with Gasteiger partial charge in [0.2, 0.25) is 0 Å². The SMILES string of the molecule is CCCCOc1ccc(C(=O)NCC(=O)O[C@@H](C)C(=O)NC2CCCCCC2)cc1. The molecule has 30 heavy (non-hydrogen) atoms. The maximum atomic E-state index is 12.3. The van der Waals surface area contributed by atoms with Gasteiger partial charge in [0.1, 0.15) is 12.3 Å². The van der Waals surface area contributed by atoms with Gasteiger partial charge in [0.25, 0.3) is 11.8 Å². The molecule has 1 aliphatic carbocycles. The smallest absolute Gasteiger partial charge is 0.326 e. The van der Waals surface area contributed by atoms with Gasteiger partial charge < -0.3 is 20.1 Å². The minimum absolute atomic E-state index is 0.148. The molecule has 2 N–H and O–H groups in total. The monoisotopic (exact) mass is 418 g/mol. The van der Waals surface area contributed by atoms with Crippen molar-refractivity contribution in [2.24, 2.45) is 0 Å². The normalized spacial score (nSPS) is 15.5. The van der Waals surface area contributed by atoms with Crippen LogP contribution in [-0.4, -0.2) is 43.1 Å². The first-order valence-electron chi connectivity index (χ1n) is 11.0. The van der Waals surface area contributed by atoms with E-state index in [1.807, 2.05) is 0 Å². The standard InChI is InChI=1S/C23H34N2O5/c1-3-4-15-29-20-13-11-18(12-14-20)23(28)24-16-21(26)30-17(2)22(27)25-19-9-7-5-6-8-10-19/h11-14,17,19H,3-10,15-16H2,1-2H3,(H,24,28)(H,25,27)/t17-/m0/s1. The van der Waals surface area contributed by atoms with Gasteiger partial charge in [-0.15, -0.1) is 0 Å². The third-order valence-electron chi connectivity index (χ3n) is 5.16. The van der Waals surface area contributed by atoms with Gasteiger partial charge in [0.15, 0.2) is 6.10 Å². The second-order valence-corrected chi connectivity index (χ2v) is 7.74. The molecule has 1 aliphatic rings. The number of hydrogen-bond acceptors (Lipinski definition) is 5. The maximum Gasteiger partial charge on any atom is 0.326 e. The molecule has 7 heteroatoms. The minimum atomic E-state index is -0.891. The highest BCUT2D eigenvalue weighted by Gasteiger charge is 2.22. The molecule has 7 nitrogen and oxygen atoms in total. The Hall–Kier alpha value is -2.57. The van der Waals surface area contributed by atoms with Crippen LogP contribution >= 0.6 is 0 Å². The number of hydrogen-bond donors (Lipinski definition) is 2. The molecule has 1 saturated carbocycles. The first-order valence-corrected chi connectivity index (χ1v) is 11.0. The lowest BCUT2D eigenvalue weighted by Crippen LogP contribution is -2.43. The molecule has 2 amide bonds. The van der Waals surface area contributed by atoms with Crippen LogP contribution in [-0.2, 0) is 14.3 Å². The highest BCUT2D eigenvalue weighted by molar-refractivity contribution is 5.96. The second-order valence-electron chi connectivity index (χ2n) is 7.74. The Morgan fingerprint density at radius 1 is 1.07 bits per heavy atom. The van der Waals surface area contributed by atoms with E-state index >= 15 is 0 Å². The van der Waals surface area contributed by atoms with Crippen molar-refractivity contribution in [2.75, 3.05) is 13.2 Å². The van der Waals surface area contributed by atoms with Crippen LogP contribution in [0, 0.1) is 0 Å². The van der Waals surface area contributed by atoms with Gasteiger partial charge >= 0.3 is 5.97 Å². The van der Waals surface area contributed by atoms with Gasteiger partial charge in [0.05, 0.1) is 6.61 Å². The molecule has 1 aromatic carbocycles. The molecular formula is C23H34N2O5. The van der Waals surface area contributed by atoms with Crippen LogP contribution in [0.25, 0.3) is 0 Å². The zero-order valence-electron chi connectivity index (χ0n) is 18.1. The summed E-state index contributed by atoms with van der Waals surface area (Å²) in [7, 11) is 0. The molecule has 1 atom stereocenters. The third-order valence-corrected chi connectivity index (χ3v) is 5.16. The minimum Gasteiger partial charge on any atom is -0.494 e. The molecule has 0 radical (unpaired) electrons. The zero-order valence-corrected chi connectivity index (χ0v) is 18.1. The number of esters is 1. The molecular weight excluding hydrogens is 384 g/mol. The Morgan fingerprint density at radius 2 is 1.73 bits per heavy atom. The van der Waals surface area contributed by atoms with E-state index in [0.29, 0.717) is 17.9 Å². The summed E-state index contributed by atoms with van der Waals surface area (Å²) in [5, 5.41) is 5.48. The van der Waals surface area contributed by atoms with E-state index < -0.39 is 12.1 Å². The summed E-state index contributed by atoms with van der Waals surface area (Å²) in [5.74, 6) is -0.623. The van der Waals surface area contributed by atoms with Gasteiger partial charge in [-0.05, 0) is 50.5 Å². The topological polar surface area (TPSA) is 93.7 Å². The lowest BCUT2D eigenvalue weighted by molar-refractivity contribution is -0.154. The molecule has 0 bridgehead atoms. The largest absolute Gasteiger partial charge is 0.494 e. The van der Waals surface area contributed by atoms with Crippen LogP contribution < -0.4 is 15.4 Å². The summed E-state index contributed by atoms with van der Waals surface area (Å²) in [6, 6.07) is 6.89. The van der Waals surface area contributed by atoms with Crippen molar-refractivity contribution >= 4 is 17.8 Å². The average Bonchev–Trinajstić information content (AvgIpc) is 3.01. The van der Waals surface area contributed by atoms with Gasteiger partial charge in [0, 0.05) is 11.6 Å².